The van der Waals surface area contributed by atoms with Crippen LogP contribution in [0.3, 0.4) is 0 Å². The van der Waals surface area contributed by atoms with E-state index in [1.165, 1.54) is 18.6 Å². The van der Waals surface area contributed by atoms with Crippen LogP contribution in [-0.2, 0) is 4.79 Å². The summed E-state index contributed by atoms with van der Waals surface area (Å²) >= 11 is 0. The summed E-state index contributed by atoms with van der Waals surface area (Å²) in [4.78, 5) is 30.4. The summed E-state index contributed by atoms with van der Waals surface area (Å²) in [6.07, 6.45) is 5.11. The summed E-state index contributed by atoms with van der Waals surface area (Å²) in [7, 11) is 0. The number of carbonyl (C=O) groups is 1. The third-order valence-corrected chi connectivity index (χ3v) is 0.929. The largest absolute Gasteiger partial charge is 0.307 e. The first kappa shape index (κ1) is 7.24. The molecule has 5 nitrogen and oxygen atoms in total. The molecule has 5 heteroatoms. The zero-order valence-corrected chi connectivity index (χ0v) is 5.39. The van der Waals surface area contributed by atoms with E-state index in [-0.39, 0.29) is 5.69 Å². The van der Waals surface area contributed by atoms with Crippen LogP contribution in [0, 0.1) is 0 Å². The Labute approximate surface area is 61.8 Å². The van der Waals surface area contributed by atoms with Gasteiger partial charge in [0.15, 0.2) is 0 Å². The predicted octanol–water partition coefficient (Wildman–Crippen LogP) is -0.0474. The maximum Gasteiger partial charge on any atom is 0.307 e. The second-order valence-corrected chi connectivity index (χ2v) is 1.60. The molecule has 0 saturated heterocycles. The first-order valence-electron chi connectivity index (χ1n) is 2.73. The van der Waals surface area contributed by atoms with Gasteiger partial charge in [-0.1, -0.05) is 0 Å². The standard InChI is InChI=1S/C6H3N3O2/c10-4-9-6(11)5-3-7-1-2-8-5/h1-3H. The van der Waals surface area contributed by atoms with Gasteiger partial charge < -0.3 is 0 Å². The van der Waals surface area contributed by atoms with Crippen LogP contribution in [0.5, 0.6) is 0 Å². The van der Waals surface area contributed by atoms with Gasteiger partial charge in [0.05, 0.1) is 6.20 Å². The molecule has 0 unspecified atom stereocenters. The number of amides is 1. The number of aliphatic imine (C=N–C) groups is 1. The molecule has 1 rings (SSSR count). The quantitative estimate of drug-likeness (QED) is 0.414. The van der Waals surface area contributed by atoms with Crippen molar-refractivity contribution in [3.8, 4) is 0 Å². The average molecular weight is 149 g/mol. The van der Waals surface area contributed by atoms with E-state index < -0.39 is 5.91 Å². The smallest absolute Gasteiger partial charge is 0.264 e. The molecule has 0 atom stereocenters. The first-order valence-corrected chi connectivity index (χ1v) is 2.73. The molecule has 0 saturated carbocycles. The molecular weight excluding hydrogens is 146 g/mol. The van der Waals surface area contributed by atoms with E-state index in [0.29, 0.717) is 0 Å². The SMILES string of the molecule is O=C=NC(=O)c1cnccn1. The molecule has 0 aliphatic rings. The third kappa shape index (κ3) is 1.77. The minimum atomic E-state index is -0.729. The van der Waals surface area contributed by atoms with Gasteiger partial charge in [-0.15, -0.1) is 4.99 Å². The lowest BCUT2D eigenvalue weighted by molar-refractivity contribution is 0.0998. The van der Waals surface area contributed by atoms with Crippen molar-refractivity contribution < 1.29 is 9.59 Å². The van der Waals surface area contributed by atoms with Crippen molar-refractivity contribution >= 4 is 12.0 Å². The molecule has 0 aliphatic carbocycles. The molecule has 0 fully saturated rings. The fraction of sp³-hybridized carbons (Fsp3) is 0. The molecule has 1 heterocycles. The number of rotatable bonds is 1. The maximum absolute atomic E-state index is 10.7. The molecule has 1 amide bonds. The van der Waals surface area contributed by atoms with Crippen molar-refractivity contribution in [2.45, 2.75) is 0 Å². The fourth-order valence-corrected chi connectivity index (χ4v) is 0.508. The highest BCUT2D eigenvalue weighted by molar-refractivity contribution is 5.95. The molecule has 0 aromatic carbocycles. The number of aromatic nitrogens is 2. The second-order valence-electron chi connectivity index (χ2n) is 1.60. The highest BCUT2D eigenvalue weighted by atomic mass is 16.2. The lowest BCUT2D eigenvalue weighted by Gasteiger charge is -1.87. The molecule has 11 heavy (non-hydrogen) atoms. The van der Waals surface area contributed by atoms with Gasteiger partial charge in [0.25, 0.3) is 0 Å². The van der Waals surface area contributed by atoms with Crippen molar-refractivity contribution in [1.82, 2.24) is 9.97 Å². The first-order chi connectivity index (χ1) is 5.34. The zero-order chi connectivity index (χ0) is 8.10. The lowest BCUT2D eigenvalue weighted by atomic mass is 10.4. The summed E-state index contributed by atoms with van der Waals surface area (Å²) in [5.41, 5.74) is 0.0378. The van der Waals surface area contributed by atoms with Crippen LogP contribution < -0.4 is 0 Å². The number of isocyanates is 1. The van der Waals surface area contributed by atoms with E-state index in [9.17, 15) is 9.59 Å². The van der Waals surface area contributed by atoms with Gasteiger partial charge in [0.1, 0.15) is 5.69 Å². The van der Waals surface area contributed by atoms with E-state index in [2.05, 4.69) is 15.0 Å². The molecule has 1 aromatic heterocycles. The van der Waals surface area contributed by atoms with E-state index in [1.54, 1.807) is 0 Å². The van der Waals surface area contributed by atoms with Crippen molar-refractivity contribution in [2.24, 2.45) is 4.99 Å². The number of hydrogen-bond acceptors (Lipinski definition) is 4. The minimum Gasteiger partial charge on any atom is -0.264 e. The van der Waals surface area contributed by atoms with Gasteiger partial charge in [-0.2, -0.15) is 0 Å². The third-order valence-electron chi connectivity index (χ3n) is 0.929. The molecule has 1 aromatic rings. The zero-order valence-electron chi connectivity index (χ0n) is 5.39. The van der Waals surface area contributed by atoms with Gasteiger partial charge >= 0.3 is 5.91 Å². The Balaban J connectivity index is 2.94. The Bertz CT molecular complexity index is 303. The van der Waals surface area contributed by atoms with Crippen molar-refractivity contribution in [3.05, 3.63) is 24.3 Å². The predicted molar refractivity (Wildman–Crippen MR) is 34.5 cm³/mol. The summed E-state index contributed by atoms with van der Waals surface area (Å²) in [6.45, 7) is 0. The van der Waals surface area contributed by atoms with E-state index in [0.717, 1.165) is 6.08 Å². The molecule has 0 aliphatic heterocycles. The van der Waals surface area contributed by atoms with Gasteiger partial charge in [-0.3, -0.25) is 9.78 Å². The van der Waals surface area contributed by atoms with Gasteiger partial charge in [0, 0.05) is 12.4 Å². The number of nitrogens with zero attached hydrogens (tertiary/aromatic N) is 3. The molecular formula is C6H3N3O2. The van der Waals surface area contributed by atoms with Crippen LogP contribution >= 0.6 is 0 Å². The second kappa shape index (κ2) is 3.34. The topological polar surface area (TPSA) is 72.3 Å². The van der Waals surface area contributed by atoms with Crippen LogP contribution in [0.25, 0.3) is 0 Å². The Morgan fingerprint density at radius 2 is 2.36 bits per heavy atom. The Morgan fingerprint density at radius 1 is 1.55 bits per heavy atom. The average Bonchev–Trinajstić information content (AvgIpc) is 2.07. The molecule has 0 N–H and O–H groups in total. The lowest BCUT2D eigenvalue weighted by Crippen LogP contribution is -1.97. The molecule has 54 valence electrons. The van der Waals surface area contributed by atoms with Crippen LogP contribution in [0.4, 0.5) is 0 Å². The van der Waals surface area contributed by atoms with Gasteiger partial charge in [0.2, 0.25) is 6.08 Å². The van der Waals surface area contributed by atoms with Crippen LogP contribution in [0.2, 0.25) is 0 Å². The minimum absolute atomic E-state index is 0.0378. The summed E-state index contributed by atoms with van der Waals surface area (Å²) < 4.78 is 0. The van der Waals surface area contributed by atoms with Crippen LogP contribution in [0.15, 0.2) is 23.6 Å². The molecule has 0 radical (unpaired) electrons. The highest BCUT2D eigenvalue weighted by Gasteiger charge is 2.02. The van der Waals surface area contributed by atoms with Crippen LogP contribution in [0.1, 0.15) is 10.5 Å². The van der Waals surface area contributed by atoms with E-state index >= 15 is 0 Å². The fourth-order valence-electron chi connectivity index (χ4n) is 0.508. The number of carbonyl (C=O) groups excluding carboxylic acids is 2. The monoisotopic (exact) mass is 149 g/mol. The number of hydrogen-bond donors (Lipinski definition) is 0. The van der Waals surface area contributed by atoms with E-state index in [1.807, 2.05) is 0 Å². The highest BCUT2D eigenvalue weighted by Crippen LogP contribution is 1.91. The van der Waals surface area contributed by atoms with Gasteiger partial charge in [-0.25, -0.2) is 9.78 Å². The van der Waals surface area contributed by atoms with Gasteiger partial charge in [-0.05, 0) is 0 Å². The summed E-state index contributed by atoms with van der Waals surface area (Å²) in [5, 5.41) is 0. The Hall–Kier alpha value is -1.87. The maximum atomic E-state index is 10.7. The Kier molecular flexibility index (Phi) is 2.20. The normalized spacial score (nSPS) is 8.36. The van der Waals surface area contributed by atoms with Crippen molar-refractivity contribution in [2.75, 3.05) is 0 Å². The van der Waals surface area contributed by atoms with Crippen LogP contribution in [-0.4, -0.2) is 22.0 Å². The van der Waals surface area contributed by atoms with E-state index in [4.69, 9.17) is 0 Å². The summed E-state index contributed by atoms with van der Waals surface area (Å²) in [5.74, 6) is -0.729. The van der Waals surface area contributed by atoms with Crippen molar-refractivity contribution in [1.29, 1.82) is 0 Å². The van der Waals surface area contributed by atoms with Crippen molar-refractivity contribution in [3.63, 3.8) is 0 Å². The molecule has 0 spiro atoms. The molecule has 0 bridgehead atoms. The summed E-state index contributed by atoms with van der Waals surface area (Å²) in [6, 6.07) is 0. The Morgan fingerprint density at radius 3 is 2.91 bits per heavy atom.